The van der Waals surface area contributed by atoms with Gasteiger partial charge in [-0.25, -0.2) is 9.67 Å². The first-order valence-corrected chi connectivity index (χ1v) is 10.7. The van der Waals surface area contributed by atoms with Crippen molar-refractivity contribution in [1.82, 2.24) is 30.0 Å². The van der Waals surface area contributed by atoms with Crippen LogP contribution in [0.4, 0.5) is 5.82 Å². The molecule has 2 amide bonds. The van der Waals surface area contributed by atoms with E-state index in [2.05, 4.69) is 26.0 Å². The number of aromatic nitrogens is 4. The largest absolute Gasteiger partial charge is 0.332 e. The molecule has 2 unspecified atom stereocenters. The topological polar surface area (TPSA) is 123 Å². The fourth-order valence-electron chi connectivity index (χ4n) is 3.91. The Balaban J connectivity index is 1.69. The summed E-state index contributed by atoms with van der Waals surface area (Å²) in [5.41, 5.74) is 1.65. The number of carbonyl (C=O) groups excluding carboxylic acids is 2. The molecule has 0 aromatic carbocycles. The molecule has 0 saturated carbocycles. The number of hydrogen-bond donors (Lipinski definition) is 3. The minimum Gasteiger partial charge on any atom is -0.332 e. The van der Waals surface area contributed by atoms with Gasteiger partial charge in [-0.3, -0.25) is 19.7 Å². The van der Waals surface area contributed by atoms with Crippen molar-refractivity contribution in [2.45, 2.75) is 59.4 Å². The fraction of sp³-hybridized carbons (Fsp3) is 0.409. The van der Waals surface area contributed by atoms with Crippen molar-refractivity contribution in [1.29, 1.82) is 0 Å². The van der Waals surface area contributed by atoms with Crippen molar-refractivity contribution in [2.24, 2.45) is 0 Å². The van der Waals surface area contributed by atoms with Crippen LogP contribution in [-0.4, -0.2) is 37.2 Å². The molecule has 3 N–H and O–H groups in total. The van der Waals surface area contributed by atoms with Gasteiger partial charge >= 0.3 is 0 Å². The van der Waals surface area contributed by atoms with E-state index in [4.69, 9.17) is 0 Å². The van der Waals surface area contributed by atoms with Gasteiger partial charge in [-0.05, 0) is 39.3 Å². The molecule has 168 valence electrons. The normalized spacial score (nSPS) is 18.6. The average Bonchev–Trinajstić information content (AvgIpc) is 3.13. The van der Waals surface area contributed by atoms with E-state index in [1.54, 1.807) is 29.7 Å². The van der Waals surface area contributed by atoms with Gasteiger partial charge in [0.15, 0.2) is 6.29 Å². The monoisotopic (exact) mass is 437 g/mol. The highest BCUT2D eigenvalue weighted by atomic mass is 16.2. The fourth-order valence-corrected chi connectivity index (χ4v) is 3.91. The highest BCUT2D eigenvalue weighted by molar-refractivity contribution is 6.05. The zero-order chi connectivity index (χ0) is 23.0. The first-order valence-electron chi connectivity index (χ1n) is 10.7. The second kappa shape index (κ2) is 8.54. The third-order valence-electron chi connectivity index (χ3n) is 5.61. The summed E-state index contributed by atoms with van der Waals surface area (Å²) >= 11 is 0. The second-order valence-corrected chi connectivity index (χ2v) is 8.00. The Morgan fingerprint density at radius 3 is 2.72 bits per heavy atom. The summed E-state index contributed by atoms with van der Waals surface area (Å²) < 4.78 is 3.31. The Labute approximate surface area is 185 Å². The minimum absolute atomic E-state index is 0.00927. The van der Waals surface area contributed by atoms with E-state index in [0.29, 0.717) is 35.5 Å². The van der Waals surface area contributed by atoms with E-state index in [9.17, 15) is 14.4 Å². The third kappa shape index (κ3) is 4.01. The predicted octanol–water partition coefficient (Wildman–Crippen LogP) is 1.83. The Morgan fingerprint density at radius 1 is 1.22 bits per heavy atom. The summed E-state index contributed by atoms with van der Waals surface area (Å²) in [5, 5.41) is 13.8. The van der Waals surface area contributed by atoms with E-state index in [-0.39, 0.29) is 22.9 Å². The number of rotatable bonds is 5. The summed E-state index contributed by atoms with van der Waals surface area (Å²) in [4.78, 5) is 42.8. The van der Waals surface area contributed by atoms with Gasteiger partial charge in [-0.1, -0.05) is 6.92 Å². The van der Waals surface area contributed by atoms with Gasteiger partial charge in [0.2, 0.25) is 11.3 Å². The number of nitrogens with zero attached hydrogens (tertiary/aromatic N) is 4. The highest BCUT2D eigenvalue weighted by Crippen LogP contribution is 2.19. The van der Waals surface area contributed by atoms with Crippen LogP contribution in [0.3, 0.4) is 0 Å². The van der Waals surface area contributed by atoms with Gasteiger partial charge in [0.1, 0.15) is 17.0 Å². The molecular formula is C22H27N7O3. The lowest BCUT2D eigenvalue weighted by molar-refractivity contribution is -0.125. The van der Waals surface area contributed by atoms with Crippen LogP contribution in [0, 0.1) is 13.8 Å². The summed E-state index contributed by atoms with van der Waals surface area (Å²) in [6.07, 6.45) is 2.11. The zero-order valence-electron chi connectivity index (χ0n) is 18.6. The molecule has 0 aliphatic carbocycles. The molecule has 1 saturated heterocycles. The zero-order valence-corrected chi connectivity index (χ0v) is 18.6. The number of hydrogen-bond acceptors (Lipinski definition) is 6. The molecule has 0 spiro atoms. The number of anilines is 1. The highest BCUT2D eigenvalue weighted by Gasteiger charge is 2.28. The lowest BCUT2D eigenvalue weighted by atomic mass is 10.1. The van der Waals surface area contributed by atoms with Crippen LogP contribution in [0.25, 0.3) is 11.0 Å². The first-order chi connectivity index (χ1) is 15.3. The molecule has 1 aliphatic heterocycles. The molecule has 3 aromatic rings. The molecule has 10 heteroatoms. The smallest absolute Gasteiger partial charge is 0.262 e. The molecule has 10 nitrogen and oxygen atoms in total. The van der Waals surface area contributed by atoms with Gasteiger partial charge in [-0.15, -0.1) is 0 Å². The molecule has 1 aliphatic rings. The summed E-state index contributed by atoms with van der Waals surface area (Å²) in [6.45, 7) is 8.13. The average molecular weight is 438 g/mol. The second-order valence-electron chi connectivity index (χ2n) is 8.00. The van der Waals surface area contributed by atoms with Crippen LogP contribution in [0.1, 0.15) is 54.7 Å². The van der Waals surface area contributed by atoms with Crippen LogP contribution in [0.5, 0.6) is 0 Å². The molecule has 2 atom stereocenters. The number of nitrogens with one attached hydrogen (secondary N) is 3. The Hall–Kier alpha value is -3.53. The Morgan fingerprint density at radius 2 is 2.00 bits per heavy atom. The van der Waals surface area contributed by atoms with E-state index in [0.717, 1.165) is 12.1 Å². The summed E-state index contributed by atoms with van der Waals surface area (Å²) in [7, 11) is 0. The van der Waals surface area contributed by atoms with Gasteiger partial charge in [-0.2, -0.15) is 5.10 Å². The van der Waals surface area contributed by atoms with Crippen LogP contribution in [0.2, 0.25) is 0 Å². The molecule has 4 rings (SSSR count). The van der Waals surface area contributed by atoms with Crippen molar-refractivity contribution < 1.29 is 9.59 Å². The quantitative estimate of drug-likeness (QED) is 0.560. The lowest BCUT2D eigenvalue weighted by Crippen LogP contribution is -2.53. The van der Waals surface area contributed by atoms with Crippen LogP contribution < -0.4 is 21.4 Å². The standard InChI is InChI=1S/C22H27N7O3/c1-5-14-10-18(30)26-22(24-14)29-17(9-13(4)27-29)25-21(32)16-11-28(6-2)20-15(19(16)31)8-7-12(3)23-20/h7-9,11,14,22,24H,5-6,10H2,1-4H3,(H,25,32)(H,26,30). The van der Waals surface area contributed by atoms with Crippen LogP contribution >= 0.6 is 0 Å². The van der Waals surface area contributed by atoms with Crippen molar-refractivity contribution in [3.8, 4) is 0 Å². The van der Waals surface area contributed by atoms with Crippen molar-refractivity contribution in [3.63, 3.8) is 0 Å². The summed E-state index contributed by atoms with van der Waals surface area (Å²) in [6, 6.07) is 5.16. The maximum absolute atomic E-state index is 13.1. The minimum atomic E-state index is -0.596. The Kier molecular flexibility index (Phi) is 5.79. The van der Waals surface area contributed by atoms with Crippen LogP contribution in [-0.2, 0) is 11.3 Å². The van der Waals surface area contributed by atoms with Gasteiger partial charge in [0, 0.05) is 37.0 Å². The van der Waals surface area contributed by atoms with Gasteiger partial charge in [0.05, 0.1) is 11.1 Å². The predicted molar refractivity (Wildman–Crippen MR) is 120 cm³/mol. The maximum Gasteiger partial charge on any atom is 0.262 e. The van der Waals surface area contributed by atoms with Crippen molar-refractivity contribution >= 4 is 28.7 Å². The Bertz CT molecular complexity index is 1260. The molecular weight excluding hydrogens is 410 g/mol. The molecule has 3 aromatic heterocycles. The van der Waals surface area contributed by atoms with Gasteiger partial charge < -0.3 is 15.2 Å². The number of amides is 2. The van der Waals surface area contributed by atoms with E-state index < -0.39 is 12.2 Å². The van der Waals surface area contributed by atoms with Crippen molar-refractivity contribution in [3.05, 3.63) is 51.6 Å². The SMILES string of the molecule is CCC1CC(=O)NC(n2nc(C)cc2NC(=O)c2cn(CC)c3nc(C)ccc3c2=O)N1. The van der Waals surface area contributed by atoms with E-state index in [1.807, 2.05) is 20.8 Å². The lowest BCUT2D eigenvalue weighted by Gasteiger charge is -2.31. The van der Waals surface area contributed by atoms with E-state index >= 15 is 0 Å². The van der Waals surface area contributed by atoms with Crippen LogP contribution in [0.15, 0.2) is 29.2 Å². The molecule has 0 radical (unpaired) electrons. The van der Waals surface area contributed by atoms with Gasteiger partial charge in [0.25, 0.3) is 5.91 Å². The molecule has 4 heterocycles. The number of carbonyl (C=O) groups is 2. The van der Waals surface area contributed by atoms with E-state index in [1.165, 1.54) is 10.9 Å². The van der Waals surface area contributed by atoms with Crippen molar-refractivity contribution in [2.75, 3.05) is 5.32 Å². The number of pyridine rings is 2. The molecule has 1 fully saturated rings. The third-order valence-corrected chi connectivity index (χ3v) is 5.61. The first kappa shape index (κ1) is 21.7. The number of fused-ring (bicyclic) bond motifs is 1. The molecule has 32 heavy (non-hydrogen) atoms. The summed E-state index contributed by atoms with van der Waals surface area (Å²) in [5.74, 6) is -0.254. The molecule has 0 bridgehead atoms. The number of aryl methyl sites for hydroxylation is 3. The maximum atomic E-state index is 13.1.